The quantitative estimate of drug-likeness (QED) is 0.869. The summed E-state index contributed by atoms with van der Waals surface area (Å²) in [4.78, 5) is 2.37. The largest absolute Gasteiger partial charge is 0.314 e. The van der Waals surface area contributed by atoms with Crippen molar-refractivity contribution in [3.05, 3.63) is 34.3 Å². The molecule has 0 saturated heterocycles. The summed E-state index contributed by atoms with van der Waals surface area (Å²) < 4.78 is 1.16. The molecule has 0 heterocycles. The highest BCUT2D eigenvalue weighted by atomic mass is 79.9. The molecule has 0 bridgehead atoms. The molecular formula is C14H23BrN2. The van der Waals surface area contributed by atoms with Gasteiger partial charge in [-0.15, -0.1) is 0 Å². The number of hydrogen-bond acceptors (Lipinski definition) is 2. The molecule has 0 aliphatic rings. The van der Waals surface area contributed by atoms with Gasteiger partial charge >= 0.3 is 0 Å². The van der Waals surface area contributed by atoms with Gasteiger partial charge in [-0.05, 0) is 52.1 Å². The number of benzene rings is 1. The third-order valence-corrected chi connectivity index (χ3v) is 3.51. The molecule has 96 valence electrons. The van der Waals surface area contributed by atoms with Gasteiger partial charge in [-0.2, -0.15) is 0 Å². The number of likely N-dealkylation sites (N-methyl/N-ethyl adjacent to an activating group) is 2. The Morgan fingerprint density at radius 1 is 1.35 bits per heavy atom. The molecule has 0 aliphatic heterocycles. The van der Waals surface area contributed by atoms with Crippen molar-refractivity contribution in [1.82, 2.24) is 10.2 Å². The summed E-state index contributed by atoms with van der Waals surface area (Å²) in [6.07, 6.45) is 1.09. The van der Waals surface area contributed by atoms with Crippen molar-refractivity contribution in [2.45, 2.75) is 25.8 Å². The second-order valence-corrected chi connectivity index (χ2v) is 6.17. The molecule has 2 nitrogen and oxygen atoms in total. The van der Waals surface area contributed by atoms with Crippen molar-refractivity contribution < 1.29 is 0 Å². The third-order valence-electron chi connectivity index (χ3n) is 3.01. The van der Waals surface area contributed by atoms with E-state index in [9.17, 15) is 0 Å². The minimum absolute atomic E-state index is 0.173. The summed E-state index contributed by atoms with van der Waals surface area (Å²) in [6, 6.07) is 8.53. The highest BCUT2D eigenvalue weighted by molar-refractivity contribution is 9.10. The summed E-state index contributed by atoms with van der Waals surface area (Å²) in [5.74, 6) is 0. The number of hydrogen-bond donors (Lipinski definition) is 1. The van der Waals surface area contributed by atoms with Gasteiger partial charge in [0, 0.05) is 23.1 Å². The molecule has 0 spiro atoms. The zero-order valence-corrected chi connectivity index (χ0v) is 12.8. The van der Waals surface area contributed by atoms with E-state index in [0.717, 1.165) is 24.0 Å². The Morgan fingerprint density at radius 3 is 2.65 bits per heavy atom. The summed E-state index contributed by atoms with van der Waals surface area (Å²) >= 11 is 3.51. The first-order valence-corrected chi connectivity index (χ1v) is 6.84. The lowest BCUT2D eigenvalue weighted by Crippen LogP contribution is -2.46. The van der Waals surface area contributed by atoms with E-state index in [1.165, 1.54) is 5.56 Å². The topological polar surface area (TPSA) is 15.3 Å². The molecule has 3 heteroatoms. The Bertz CT molecular complexity index is 350. The van der Waals surface area contributed by atoms with Crippen LogP contribution in [0.5, 0.6) is 0 Å². The fraction of sp³-hybridized carbons (Fsp3) is 0.571. The third kappa shape index (κ3) is 5.66. The molecule has 0 aromatic heterocycles. The first-order chi connectivity index (χ1) is 7.93. The molecule has 1 aromatic rings. The molecule has 0 fully saturated rings. The molecule has 0 amide bonds. The lowest BCUT2D eigenvalue weighted by molar-refractivity contribution is 0.246. The number of rotatable bonds is 6. The van der Waals surface area contributed by atoms with E-state index in [1.807, 2.05) is 7.05 Å². The van der Waals surface area contributed by atoms with Crippen LogP contribution in [-0.4, -0.2) is 37.6 Å². The van der Waals surface area contributed by atoms with Crippen LogP contribution >= 0.6 is 15.9 Å². The Balaban J connectivity index is 2.40. The van der Waals surface area contributed by atoms with Crippen LogP contribution in [0.1, 0.15) is 19.4 Å². The molecule has 0 aliphatic carbocycles. The second-order valence-electron chi connectivity index (χ2n) is 5.25. The van der Waals surface area contributed by atoms with Crippen LogP contribution in [0.2, 0.25) is 0 Å². The maximum Gasteiger partial charge on any atom is 0.0249 e. The zero-order valence-electron chi connectivity index (χ0n) is 11.3. The smallest absolute Gasteiger partial charge is 0.0249 e. The molecule has 0 unspecified atom stereocenters. The minimum atomic E-state index is 0.173. The van der Waals surface area contributed by atoms with Crippen molar-refractivity contribution in [1.29, 1.82) is 0 Å². The molecule has 0 atom stereocenters. The minimum Gasteiger partial charge on any atom is -0.314 e. The van der Waals surface area contributed by atoms with Gasteiger partial charge in [-0.3, -0.25) is 0 Å². The lowest BCUT2D eigenvalue weighted by atomic mass is 10.1. The average molecular weight is 299 g/mol. The summed E-state index contributed by atoms with van der Waals surface area (Å²) in [7, 11) is 4.19. The first kappa shape index (κ1) is 14.7. The van der Waals surface area contributed by atoms with Crippen LogP contribution in [0.25, 0.3) is 0 Å². The molecular weight excluding hydrogens is 276 g/mol. The van der Waals surface area contributed by atoms with E-state index in [4.69, 9.17) is 0 Å². The predicted octanol–water partition coefficient (Wildman–Crippen LogP) is 2.92. The van der Waals surface area contributed by atoms with Gasteiger partial charge in [-0.25, -0.2) is 0 Å². The molecule has 1 aromatic carbocycles. The van der Waals surface area contributed by atoms with Gasteiger partial charge in [0.15, 0.2) is 0 Å². The van der Waals surface area contributed by atoms with Crippen molar-refractivity contribution in [2.75, 3.05) is 27.2 Å². The fourth-order valence-electron chi connectivity index (χ4n) is 1.85. The van der Waals surface area contributed by atoms with E-state index in [2.05, 4.69) is 71.3 Å². The number of halogens is 1. The van der Waals surface area contributed by atoms with Gasteiger partial charge in [0.05, 0.1) is 0 Å². The Morgan fingerprint density at radius 2 is 2.06 bits per heavy atom. The highest BCUT2D eigenvalue weighted by Gasteiger charge is 2.16. The molecule has 1 N–H and O–H groups in total. The number of nitrogens with zero attached hydrogens (tertiary/aromatic N) is 1. The normalized spacial score (nSPS) is 12.1. The van der Waals surface area contributed by atoms with Crippen LogP contribution < -0.4 is 5.32 Å². The predicted molar refractivity (Wildman–Crippen MR) is 78.5 cm³/mol. The van der Waals surface area contributed by atoms with E-state index in [-0.39, 0.29) is 5.54 Å². The van der Waals surface area contributed by atoms with Crippen molar-refractivity contribution in [3.8, 4) is 0 Å². The molecule has 17 heavy (non-hydrogen) atoms. The molecule has 0 saturated carbocycles. The van der Waals surface area contributed by atoms with Gasteiger partial charge in [0.2, 0.25) is 0 Å². The van der Waals surface area contributed by atoms with Crippen LogP contribution in [-0.2, 0) is 6.42 Å². The standard InChI is InChI=1S/C14H23BrN2/c1-14(2,16-3)11-17(4)9-8-12-6-5-7-13(15)10-12/h5-7,10,16H,8-9,11H2,1-4H3. The lowest BCUT2D eigenvalue weighted by Gasteiger charge is -2.30. The Kier molecular flexibility index (Phi) is 5.63. The van der Waals surface area contributed by atoms with Crippen LogP contribution in [0, 0.1) is 0 Å². The van der Waals surface area contributed by atoms with Crippen molar-refractivity contribution in [2.24, 2.45) is 0 Å². The van der Waals surface area contributed by atoms with Gasteiger partial charge in [0.25, 0.3) is 0 Å². The summed E-state index contributed by atoms with van der Waals surface area (Å²) in [5.41, 5.74) is 1.56. The van der Waals surface area contributed by atoms with E-state index in [1.54, 1.807) is 0 Å². The van der Waals surface area contributed by atoms with Gasteiger partial charge in [0.1, 0.15) is 0 Å². The first-order valence-electron chi connectivity index (χ1n) is 6.05. The van der Waals surface area contributed by atoms with E-state index < -0.39 is 0 Å². The molecule has 1 rings (SSSR count). The fourth-order valence-corrected chi connectivity index (χ4v) is 2.29. The van der Waals surface area contributed by atoms with E-state index in [0.29, 0.717) is 0 Å². The summed E-state index contributed by atoms with van der Waals surface area (Å²) in [5, 5.41) is 3.33. The van der Waals surface area contributed by atoms with Gasteiger partial charge < -0.3 is 10.2 Å². The van der Waals surface area contributed by atoms with Crippen LogP contribution in [0.4, 0.5) is 0 Å². The molecule has 0 radical (unpaired) electrons. The zero-order chi connectivity index (χ0) is 12.9. The average Bonchev–Trinajstić information content (AvgIpc) is 2.26. The summed E-state index contributed by atoms with van der Waals surface area (Å²) in [6.45, 7) is 6.59. The van der Waals surface area contributed by atoms with Crippen molar-refractivity contribution in [3.63, 3.8) is 0 Å². The second kappa shape index (κ2) is 6.53. The van der Waals surface area contributed by atoms with Crippen molar-refractivity contribution >= 4 is 15.9 Å². The van der Waals surface area contributed by atoms with Gasteiger partial charge in [-0.1, -0.05) is 28.1 Å². The Labute approximate surface area is 114 Å². The maximum absolute atomic E-state index is 3.51. The number of nitrogens with one attached hydrogen (secondary N) is 1. The van der Waals surface area contributed by atoms with Crippen LogP contribution in [0.15, 0.2) is 28.7 Å². The van der Waals surface area contributed by atoms with Crippen LogP contribution in [0.3, 0.4) is 0 Å². The SMILES string of the molecule is CNC(C)(C)CN(C)CCc1cccc(Br)c1. The highest BCUT2D eigenvalue weighted by Crippen LogP contribution is 2.12. The Hall–Kier alpha value is -0.380. The van der Waals surface area contributed by atoms with E-state index >= 15 is 0 Å². The maximum atomic E-state index is 3.51. The monoisotopic (exact) mass is 298 g/mol.